The minimum absolute atomic E-state index is 0.0499. The standard InChI is InChI=1S/C23H19BrN4OS/c1-2-16-3-9-20(10-4-16)28-22(18-11-13-25-14-12-18)26-27-23(28)30-15-21(29)17-5-7-19(24)8-6-17/h3-14H,2,15H2,1H3. The Balaban J connectivity index is 1.66. The Hall–Kier alpha value is -2.77. The summed E-state index contributed by atoms with van der Waals surface area (Å²) in [7, 11) is 0. The van der Waals surface area contributed by atoms with Gasteiger partial charge in [-0.05, 0) is 48.4 Å². The quantitative estimate of drug-likeness (QED) is 0.254. The molecule has 0 unspecified atom stereocenters. The minimum atomic E-state index is 0.0499. The van der Waals surface area contributed by atoms with Crippen LogP contribution in [0.5, 0.6) is 0 Å². The highest BCUT2D eigenvalue weighted by Crippen LogP contribution is 2.28. The third-order valence-corrected chi connectivity index (χ3v) is 6.13. The largest absolute Gasteiger partial charge is 0.293 e. The zero-order valence-corrected chi connectivity index (χ0v) is 18.7. The van der Waals surface area contributed by atoms with Crippen LogP contribution < -0.4 is 0 Å². The van der Waals surface area contributed by atoms with E-state index < -0.39 is 0 Å². The molecule has 0 spiro atoms. The summed E-state index contributed by atoms with van der Waals surface area (Å²) in [5, 5.41) is 9.48. The van der Waals surface area contributed by atoms with E-state index in [1.165, 1.54) is 17.3 Å². The molecular weight excluding hydrogens is 460 g/mol. The molecule has 0 saturated heterocycles. The first kappa shape index (κ1) is 20.5. The fourth-order valence-corrected chi connectivity index (χ4v) is 4.12. The van der Waals surface area contributed by atoms with Gasteiger partial charge in [-0.3, -0.25) is 14.3 Å². The Kier molecular flexibility index (Phi) is 6.40. The predicted octanol–water partition coefficient (Wildman–Crippen LogP) is 5.63. The smallest absolute Gasteiger partial charge is 0.196 e. The summed E-state index contributed by atoms with van der Waals surface area (Å²) in [6.07, 6.45) is 4.44. The predicted molar refractivity (Wildman–Crippen MR) is 123 cm³/mol. The Morgan fingerprint density at radius 3 is 2.33 bits per heavy atom. The molecule has 0 bridgehead atoms. The molecule has 2 aromatic heterocycles. The minimum Gasteiger partial charge on any atom is -0.293 e. The normalized spacial score (nSPS) is 10.9. The first-order valence-corrected chi connectivity index (χ1v) is 11.3. The summed E-state index contributed by atoms with van der Waals surface area (Å²) in [5.74, 6) is 1.05. The third-order valence-electron chi connectivity index (χ3n) is 4.67. The highest BCUT2D eigenvalue weighted by Gasteiger charge is 2.18. The molecule has 7 heteroatoms. The molecule has 2 aromatic carbocycles. The number of hydrogen-bond acceptors (Lipinski definition) is 5. The van der Waals surface area contributed by atoms with Gasteiger partial charge < -0.3 is 0 Å². The molecule has 0 atom stereocenters. The van der Waals surface area contributed by atoms with Crippen molar-refractivity contribution in [3.8, 4) is 17.1 Å². The van der Waals surface area contributed by atoms with Crippen LogP contribution in [-0.2, 0) is 6.42 Å². The number of nitrogens with zero attached hydrogens (tertiary/aromatic N) is 4. The molecule has 0 aliphatic carbocycles. The molecule has 30 heavy (non-hydrogen) atoms. The number of ketones is 1. The molecule has 0 aliphatic heterocycles. The van der Waals surface area contributed by atoms with Crippen molar-refractivity contribution >= 4 is 33.5 Å². The summed E-state index contributed by atoms with van der Waals surface area (Å²) in [4.78, 5) is 16.7. The average Bonchev–Trinajstić information content (AvgIpc) is 3.22. The molecule has 0 fully saturated rings. The van der Waals surface area contributed by atoms with E-state index in [4.69, 9.17) is 0 Å². The van der Waals surface area contributed by atoms with E-state index in [9.17, 15) is 4.79 Å². The van der Waals surface area contributed by atoms with E-state index in [0.29, 0.717) is 10.7 Å². The van der Waals surface area contributed by atoms with E-state index in [1.54, 1.807) is 12.4 Å². The number of thioether (sulfide) groups is 1. The first-order chi connectivity index (χ1) is 14.7. The Morgan fingerprint density at radius 2 is 1.67 bits per heavy atom. The van der Waals surface area contributed by atoms with Gasteiger partial charge in [0.25, 0.3) is 0 Å². The van der Waals surface area contributed by atoms with Crippen LogP contribution in [0.15, 0.2) is 82.7 Å². The molecule has 0 N–H and O–H groups in total. The molecule has 5 nitrogen and oxygen atoms in total. The lowest BCUT2D eigenvalue weighted by atomic mass is 10.1. The zero-order chi connectivity index (χ0) is 20.9. The van der Waals surface area contributed by atoms with Crippen LogP contribution in [-0.4, -0.2) is 31.3 Å². The van der Waals surface area contributed by atoms with E-state index >= 15 is 0 Å². The molecule has 4 aromatic rings. The second-order valence-corrected chi connectivity index (χ2v) is 8.47. The fourth-order valence-electron chi connectivity index (χ4n) is 3.01. The number of carbonyl (C=O) groups excluding carboxylic acids is 1. The van der Waals surface area contributed by atoms with Gasteiger partial charge in [-0.1, -0.05) is 58.9 Å². The van der Waals surface area contributed by atoms with Gasteiger partial charge in [0.15, 0.2) is 16.8 Å². The number of Topliss-reactive ketones (excluding diaryl/α,β-unsaturated/α-hetero) is 1. The van der Waals surface area contributed by atoms with E-state index in [0.717, 1.165) is 28.0 Å². The van der Waals surface area contributed by atoms with Gasteiger partial charge in [-0.2, -0.15) is 0 Å². The van der Waals surface area contributed by atoms with Crippen molar-refractivity contribution in [3.05, 3.63) is 88.7 Å². The molecule has 0 aliphatic rings. The number of aryl methyl sites for hydroxylation is 1. The van der Waals surface area contributed by atoms with Crippen molar-refractivity contribution < 1.29 is 4.79 Å². The van der Waals surface area contributed by atoms with Crippen LogP contribution in [0.3, 0.4) is 0 Å². The lowest BCUT2D eigenvalue weighted by molar-refractivity contribution is 0.102. The SMILES string of the molecule is CCc1ccc(-n2c(SCC(=O)c3ccc(Br)cc3)nnc2-c2ccncc2)cc1. The fraction of sp³-hybridized carbons (Fsp3) is 0.130. The van der Waals surface area contributed by atoms with E-state index in [1.807, 2.05) is 41.0 Å². The van der Waals surface area contributed by atoms with Gasteiger partial charge in [0, 0.05) is 33.7 Å². The van der Waals surface area contributed by atoms with Gasteiger partial charge in [0.2, 0.25) is 0 Å². The van der Waals surface area contributed by atoms with Crippen molar-refractivity contribution in [1.29, 1.82) is 0 Å². The van der Waals surface area contributed by atoms with Crippen LogP contribution in [0, 0.1) is 0 Å². The van der Waals surface area contributed by atoms with Crippen LogP contribution >= 0.6 is 27.7 Å². The van der Waals surface area contributed by atoms with Crippen molar-refractivity contribution in [3.63, 3.8) is 0 Å². The highest BCUT2D eigenvalue weighted by molar-refractivity contribution is 9.10. The van der Waals surface area contributed by atoms with Gasteiger partial charge in [-0.25, -0.2) is 0 Å². The zero-order valence-electron chi connectivity index (χ0n) is 16.3. The number of halogens is 1. The number of carbonyl (C=O) groups is 1. The first-order valence-electron chi connectivity index (χ1n) is 9.52. The third kappa shape index (κ3) is 4.52. The summed E-state index contributed by atoms with van der Waals surface area (Å²) >= 11 is 4.79. The Labute approximate surface area is 187 Å². The van der Waals surface area contributed by atoms with Gasteiger partial charge in [-0.15, -0.1) is 10.2 Å². The summed E-state index contributed by atoms with van der Waals surface area (Å²) < 4.78 is 2.94. The Bertz CT molecular complexity index is 1140. The summed E-state index contributed by atoms with van der Waals surface area (Å²) in [6, 6.07) is 19.5. The highest BCUT2D eigenvalue weighted by atomic mass is 79.9. The lowest BCUT2D eigenvalue weighted by Gasteiger charge is -2.11. The van der Waals surface area contributed by atoms with E-state index in [2.05, 4.69) is 62.3 Å². The monoisotopic (exact) mass is 478 g/mol. The van der Waals surface area contributed by atoms with Gasteiger partial charge in [0.05, 0.1) is 5.75 Å². The number of benzene rings is 2. The molecule has 0 saturated carbocycles. The van der Waals surface area contributed by atoms with Crippen LogP contribution in [0.4, 0.5) is 0 Å². The molecule has 0 radical (unpaired) electrons. The van der Waals surface area contributed by atoms with Crippen LogP contribution in [0.25, 0.3) is 17.1 Å². The lowest BCUT2D eigenvalue weighted by Crippen LogP contribution is -2.05. The molecule has 150 valence electrons. The second-order valence-electron chi connectivity index (χ2n) is 6.62. The molecule has 2 heterocycles. The van der Waals surface area contributed by atoms with Crippen molar-refractivity contribution in [1.82, 2.24) is 19.7 Å². The van der Waals surface area contributed by atoms with Crippen LogP contribution in [0.2, 0.25) is 0 Å². The molecule has 0 amide bonds. The maximum Gasteiger partial charge on any atom is 0.196 e. The number of hydrogen-bond donors (Lipinski definition) is 0. The summed E-state index contributed by atoms with van der Waals surface area (Å²) in [5.41, 5.74) is 3.82. The topological polar surface area (TPSA) is 60.7 Å². The molecular formula is C23H19BrN4OS. The number of aromatic nitrogens is 4. The van der Waals surface area contributed by atoms with Crippen molar-refractivity contribution in [2.45, 2.75) is 18.5 Å². The second kappa shape index (κ2) is 9.36. The maximum atomic E-state index is 12.6. The van der Waals surface area contributed by atoms with Gasteiger partial charge in [0.1, 0.15) is 0 Å². The Morgan fingerprint density at radius 1 is 0.967 bits per heavy atom. The van der Waals surface area contributed by atoms with Gasteiger partial charge >= 0.3 is 0 Å². The average molecular weight is 479 g/mol. The van der Waals surface area contributed by atoms with Crippen molar-refractivity contribution in [2.24, 2.45) is 0 Å². The van der Waals surface area contributed by atoms with Crippen molar-refractivity contribution in [2.75, 3.05) is 5.75 Å². The summed E-state index contributed by atoms with van der Waals surface area (Å²) in [6.45, 7) is 2.13. The van der Waals surface area contributed by atoms with Crippen LogP contribution in [0.1, 0.15) is 22.8 Å². The molecule has 4 rings (SSSR count). The number of rotatable bonds is 7. The number of pyridine rings is 1. The maximum absolute atomic E-state index is 12.6. The van der Waals surface area contributed by atoms with E-state index in [-0.39, 0.29) is 11.5 Å².